The van der Waals surface area contributed by atoms with E-state index in [1.807, 2.05) is 4.90 Å². The summed E-state index contributed by atoms with van der Waals surface area (Å²) in [5.74, 6) is -1.88. The van der Waals surface area contributed by atoms with Gasteiger partial charge in [-0.25, -0.2) is 13.6 Å². The van der Waals surface area contributed by atoms with Crippen molar-refractivity contribution >= 4 is 40.4 Å². The van der Waals surface area contributed by atoms with Crippen LogP contribution in [0, 0.1) is 11.6 Å². The lowest BCUT2D eigenvalue weighted by Gasteiger charge is -2.36. The number of halogens is 2. The number of nitrogens with zero attached hydrogens (tertiary/aromatic N) is 8. The molecule has 1 aromatic carbocycles. The van der Waals surface area contributed by atoms with Gasteiger partial charge in [0.1, 0.15) is 17.1 Å². The number of fused-ring (bicyclic) bond motifs is 1. The Kier molecular flexibility index (Phi) is 11.9. The number of hydrogen-bond donors (Lipinski definition) is 3. The molecule has 0 amide bonds. The van der Waals surface area contributed by atoms with Crippen LogP contribution in [0.5, 0.6) is 0 Å². The molecule has 0 bridgehead atoms. The molecule has 3 aliphatic rings. The number of carboxylic acid groups (broad SMARTS) is 1. The third-order valence-corrected chi connectivity index (χ3v) is 9.38. The monoisotopic (exact) mass is 700 g/mol. The maximum Gasteiger partial charge on any atom is 0.341 e. The zero-order valence-electron chi connectivity index (χ0n) is 28.5. The number of aryl methyl sites for hydroxylation is 1. The normalized spacial score (nSPS) is 17.7. The lowest BCUT2D eigenvalue weighted by atomic mass is 10.1. The summed E-state index contributed by atoms with van der Waals surface area (Å²) in [7, 11) is 0. The van der Waals surface area contributed by atoms with Crippen molar-refractivity contribution < 1.29 is 28.2 Å². The van der Waals surface area contributed by atoms with Crippen molar-refractivity contribution in [1.82, 2.24) is 29.3 Å². The van der Waals surface area contributed by atoms with E-state index in [1.54, 1.807) is 11.8 Å². The van der Waals surface area contributed by atoms with Crippen LogP contribution in [0.25, 0.3) is 10.9 Å². The van der Waals surface area contributed by atoms with E-state index in [0.717, 1.165) is 90.8 Å². The molecule has 17 heteroatoms. The van der Waals surface area contributed by atoms with Crippen LogP contribution in [0.3, 0.4) is 0 Å². The minimum absolute atomic E-state index is 0.118. The largest absolute Gasteiger partial charge is 0.477 e. The summed E-state index contributed by atoms with van der Waals surface area (Å²) in [5.41, 5.74) is -1.82. The van der Waals surface area contributed by atoms with E-state index in [-0.39, 0.29) is 36.2 Å². The zero-order valence-corrected chi connectivity index (χ0v) is 28.5. The molecular weight excluding hydrogens is 654 g/mol. The Hall–Kier alpha value is -4.19. The molecule has 0 aliphatic carbocycles. The second-order valence-corrected chi connectivity index (χ2v) is 12.6. The summed E-state index contributed by atoms with van der Waals surface area (Å²) in [4.78, 5) is 46.8. The molecule has 3 N–H and O–H groups in total. The fourth-order valence-electron chi connectivity index (χ4n) is 6.62. The first-order valence-electron chi connectivity index (χ1n) is 17.4. The van der Waals surface area contributed by atoms with E-state index < -0.39 is 28.6 Å². The maximum atomic E-state index is 16.1. The summed E-state index contributed by atoms with van der Waals surface area (Å²) in [6.07, 6.45) is 2.93. The van der Waals surface area contributed by atoms with Gasteiger partial charge in [0.2, 0.25) is 23.3 Å². The molecule has 0 unspecified atom stereocenters. The fourth-order valence-corrected chi connectivity index (χ4v) is 6.62. The summed E-state index contributed by atoms with van der Waals surface area (Å²) < 4.78 is 43.8. The van der Waals surface area contributed by atoms with Crippen molar-refractivity contribution in [2.45, 2.75) is 26.3 Å². The molecule has 272 valence electrons. The van der Waals surface area contributed by atoms with Crippen molar-refractivity contribution in [2.24, 2.45) is 0 Å². The van der Waals surface area contributed by atoms with Gasteiger partial charge in [0.25, 0.3) is 0 Å². The van der Waals surface area contributed by atoms with Gasteiger partial charge >= 0.3 is 5.97 Å². The molecular formula is C33H46F2N10O5. The average Bonchev–Trinajstić information content (AvgIpc) is 3.13. The van der Waals surface area contributed by atoms with Gasteiger partial charge in [-0.1, -0.05) is 0 Å². The number of piperazine rings is 1. The Labute approximate surface area is 289 Å². The number of anilines is 4. The molecule has 0 spiro atoms. The molecule has 3 saturated heterocycles. The molecule has 3 fully saturated rings. The number of nitrogens with one attached hydrogen (secondary N) is 2. The van der Waals surface area contributed by atoms with Gasteiger partial charge in [-0.3, -0.25) is 14.6 Å². The summed E-state index contributed by atoms with van der Waals surface area (Å²) in [5, 5.41) is 15.9. The Bertz CT molecular complexity index is 1650. The van der Waals surface area contributed by atoms with Crippen molar-refractivity contribution in [3.8, 4) is 0 Å². The first kappa shape index (κ1) is 35.6. The molecule has 0 saturated carbocycles. The molecule has 0 radical (unpaired) electrons. The van der Waals surface area contributed by atoms with Gasteiger partial charge in [0, 0.05) is 78.2 Å². The Balaban J connectivity index is 1.15. The summed E-state index contributed by atoms with van der Waals surface area (Å²) in [6.45, 7) is 13.2. The predicted octanol–water partition coefficient (Wildman–Crippen LogP) is 1.78. The Morgan fingerprint density at radius 1 is 0.840 bits per heavy atom. The standard InChI is InChI=1S/C33H46F2N10O5/c1-2-43-22-24(30(47)48)29(46)23-21-25(34)28(26(35)27(23)43)44-9-11-45(12-10-44)33-39-31(36-5-3-7-41-13-17-49-18-14-41)38-32(40-33)37-6-4-8-42-15-19-50-20-16-42/h21-22H,2-20H2,1H3,(H,47,48)(H2,36,37,38,39,40). The van der Waals surface area contributed by atoms with Crippen LogP contribution in [-0.2, 0) is 16.0 Å². The number of rotatable bonds is 14. The topological polar surface area (TPSA) is 153 Å². The van der Waals surface area contributed by atoms with Crippen LogP contribution < -0.4 is 25.9 Å². The highest BCUT2D eigenvalue weighted by molar-refractivity contribution is 5.93. The molecule has 0 atom stereocenters. The molecule has 50 heavy (non-hydrogen) atoms. The van der Waals surface area contributed by atoms with Crippen LogP contribution in [0.2, 0.25) is 0 Å². The van der Waals surface area contributed by atoms with Crippen molar-refractivity contribution in [1.29, 1.82) is 0 Å². The number of hydrogen-bond acceptors (Lipinski definition) is 13. The van der Waals surface area contributed by atoms with Crippen LogP contribution in [0.1, 0.15) is 30.1 Å². The van der Waals surface area contributed by atoms with Crippen molar-refractivity contribution in [3.63, 3.8) is 0 Å². The van der Waals surface area contributed by atoms with Crippen molar-refractivity contribution in [3.05, 3.63) is 39.7 Å². The number of carboxylic acids is 1. The lowest BCUT2D eigenvalue weighted by Crippen LogP contribution is -2.48. The number of aromatic carboxylic acids is 1. The zero-order chi connectivity index (χ0) is 35.0. The van der Waals surface area contributed by atoms with E-state index in [2.05, 4.69) is 25.4 Å². The number of pyridine rings is 1. The van der Waals surface area contributed by atoms with E-state index in [0.29, 0.717) is 44.0 Å². The minimum atomic E-state index is -1.45. The van der Waals surface area contributed by atoms with Crippen molar-refractivity contribution in [2.75, 3.05) is 125 Å². The van der Waals surface area contributed by atoms with E-state index >= 15 is 8.78 Å². The van der Waals surface area contributed by atoms with Gasteiger partial charge in [-0.15, -0.1) is 0 Å². The van der Waals surface area contributed by atoms with E-state index in [1.165, 1.54) is 4.57 Å². The van der Waals surface area contributed by atoms with Gasteiger partial charge in [0.15, 0.2) is 5.82 Å². The highest BCUT2D eigenvalue weighted by Gasteiger charge is 2.28. The summed E-state index contributed by atoms with van der Waals surface area (Å²) in [6, 6.07) is 0.945. The van der Waals surface area contributed by atoms with E-state index in [9.17, 15) is 14.7 Å². The van der Waals surface area contributed by atoms with Gasteiger partial charge < -0.3 is 39.6 Å². The minimum Gasteiger partial charge on any atom is -0.477 e. The second kappa shape index (κ2) is 16.7. The number of ether oxygens (including phenoxy) is 2. The predicted molar refractivity (Wildman–Crippen MR) is 186 cm³/mol. The molecule has 3 aliphatic heterocycles. The first-order chi connectivity index (χ1) is 24.3. The number of benzene rings is 1. The second-order valence-electron chi connectivity index (χ2n) is 12.6. The fraction of sp³-hybridized carbons (Fsp3) is 0.606. The maximum absolute atomic E-state index is 16.1. The highest BCUT2D eigenvalue weighted by atomic mass is 19.1. The van der Waals surface area contributed by atoms with Gasteiger partial charge in [-0.2, -0.15) is 15.0 Å². The van der Waals surface area contributed by atoms with Crippen LogP contribution >= 0.6 is 0 Å². The molecule has 15 nitrogen and oxygen atoms in total. The highest BCUT2D eigenvalue weighted by Crippen LogP contribution is 2.31. The third-order valence-electron chi connectivity index (χ3n) is 9.38. The van der Waals surface area contributed by atoms with Gasteiger partial charge in [0.05, 0.1) is 37.3 Å². The number of morpholine rings is 2. The van der Waals surface area contributed by atoms with E-state index in [4.69, 9.17) is 19.4 Å². The molecule has 6 rings (SSSR count). The average molecular weight is 701 g/mol. The smallest absolute Gasteiger partial charge is 0.341 e. The SMILES string of the molecule is CCn1cc(C(=O)O)c(=O)c2cc(F)c(N3CCN(c4nc(NCCCN5CCOCC5)nc(NCCCN5CCOCC5)n4)CC3)c(F)c21. The Morgan fingerprint density at radius 3 is 1.90 bits per heavy atom. The molecule has 3 aromatic rings. The molecule has 2 aromatic heterocycles. The summed E-state index contributed by atoms with van der Waals surface area (Å²) >= 11 is 0. The molecule has 5 heterocycles. The van der Waals surface area contributed by atoms with Crippen LogP contribution in [0.15, 0.2) is 17.1 Å². The lowest BCUT2D eigenvalue weighted by molar-refractivity contribution is 0.0378. The first-order valence-corrected chi connectivity index (χ1v) is 17.4. The number of carbonyl (C=O) groups is 1. The van der Waals surface area contributed by atoms with Gasteiger partial charge in [-0.05, 0) is 38.9 Å². The quantitative estimate of drug-likeness (QED) is 0.210. The Morgan fingerprint density at radius 2 is 1.38 bits per heavy atom. The third kappa shape index (κ3) is 8.39. The van der Waals surface area contributed by atoms with Crippen LogP contribution in [0.4, 0.5) is 32.3 Å². The van der Waals surface area contributed by atoms with Crippen LogP contribution in [-0.4, -0.2) is 145 Å². The number of aromatic nitrogens is 4.